The number of ether oxygens (including phenoxy) is 1. The van der Waals surface area contributed by atoms with E-state index in [0.29, 0.717) is 6.42 Å². The lowest BCUT2D eigenvalue weighted by Crippen LogP contribution is -2.25. The van der Waals surface area contributed by atoms with E-state index in [1.54, 1.807) is 0 Å². The van der Waals surface area contributed by atoms with E-state index in [2.05, 4.69) is 0 Å². The monoisotopic (exact) mass is 246 g/mol. The maximum atomic E-state index is 12.1. The molecule has 1 aromatic rings. The molecule has 1 aromatic carbocycles. The molecule has 2 nitrogen and oxygen atoms in total. The van der Waals surface area contributed by atoms with Crippen LogP contribution in [0.2, 0.25) is 0 Å². The Morgan fingerprint density at radius 3 is 2.33 bits per heavy atom. The summed E-state index contributed by atoms with van der Waals surface area (Å²) < 4.78 is 5.42. The molecule has 0 aliphatic carbocycles. The average molecular weight is 246 g/mol. The van der Waals surface area contributed by atoms with Gasteiger partial charge in [-0.3, -0.25) is 0 Å². The molecule has 0 spiro atoms. The largest absolute Gasteiger partial charge is 0.457 e. The van der Waals surface area contributed by atoms with E-state index in [1.165, 1.54) is 0 Å². The van der Waals surface area contributed by atoms with Gasteiger partial charge in [-0.25, -0.2) is 4.79 Å². The second-order valence-electron chi connectivity index (χ2n) is 5.30. The smallest absolute Gasteiger partial charge is 0.334 e. The van der Waals surface area contributed by atoms with Crippen LogP contribution in [0.4, 0.5) is 0 Å². The second kappa shape index (κ2) is 6.39. The molecule has 18 heavy (non-hydrogen) atoms. The number of hydrogen-bond donors (Lipinski definition) is 0. The van der Waals surface area contributed by atoms with Gasteiger partial charge in [-0.15, -0.1) is 0 Å². The third-order valence-corrected chi connectivity index (χ3v) is 2.35. The van der Waals surface area contributed by atoms with Gasteiger partial charge in [0.25, 0.3) is 0 Å². The van der Waals surface area contributed by atoms with Crippen molar-refractivity contribution in [3.8, 4) is 0 Å². The molecule has 0 bridgehead atoms. The van der Waals surface area contributed by atoms with Crippen molar-refractivity contribution in [2.24, 2.45) is 0 Å². The van der Waals surface area contributed by atoms with E-state index < -0.39 is 5.60 Å². The molecular weight excluding hydrogens is 224 g/mol. The number of allylic oxidation sites excluding steroid dienone is 1. The Labute approximate surface area is 110 Å². The lowest BCUT2D eigenvalue weighted by Gasteiger charge is -2.20. The van der Waals surface area contributed by atoms with E-state index in [4.69, 9.17) is 4.74 Å². The molecule has 0 aliphatic rings. The van der Waals surface area contributed by atoms with Gasteiger partial charge in [0.1, 0.15) is 5.60 Å². The molecule has 0 aromatic heterocycles. The average Bonchev–Trinajstić information content (AvgIpc) is 2.27. The third kappa shape index (κ3) is 5.17. The first-order valence-electron chi connectivity index (χ1n) is 6.38. The summed E-state index contributed by atoms with van der Waals surface area (Å²) in [7, 11) is 0. The quantitative estimate of drug-likeness (QED) is 0.595. The molecule has 0 aliphatic heterocycles. The fourth-order valence-electron chi connectivity index (χ4n) is 1.63. The summed E-state index contributed by atoms with van der Waals surface area (Å²) in [5.41, 5.74) is 1.42. The predicted molar refractivity (Wildman–Crippen MR) is 74.4 cm³/mol. The van der Waals surface area contributed by atoms with Gasteiger partial charge in [-0.2, -0.15) is 0 Å². The highest BCUT2D eigenvalue weighted by Crippen LogP contribution is 2.15. The molecule has 1 rings (SSSR count). The number of carbonyl (C=O) groups excluding carboxylic acids is 1. The first-order chi connectivity index (χ1) is 8.42. The van der Waals surface area contributed by atoms with Gasteiger partial charge < -0.3 is 4.74 Å². The van der Waals surface area contributed by atoms with Crippen LogP contribution in [0.15, 0.2) is 42.0 Å². The summed E-state index contributed by atoms with van der Waals surface area (Å²) in [5, 5.41) is 0. The zero-order chi connectivity index (χ0) is 13.6. The van der Waals surface area contributed by atoms with Crippen LogP contribution in [-0.2, 0) is 16.0 Å². The number of esters is 1. The molecular formula is C16H22O2. The van der Waals surface area contributed by atoms with Crippen LogP contribution < -0.4 is 0 Å². The summed E-state index contributed by atoms with van der Waals surface area (Å²) in [6, 6.07) is 9.98. The highest BCUT2D eigenvalue weighted by atomic mass is 16.6. The minimum absolute atomic E-state index is 0.215. The summed E-state index contributed by atoms with van der Waals surface area (Å²) in [5.74, 6) is -0.215. The van der Waals surface area contributed by atoms with Gasteiger partial charge in [0, 0.05) is 12.0 Å². The molecule has 0 amide bonds. The van der Waals surface area contributed by atoms with Crippen LogP contribution in [0.1, 0.15) is 39.7 Å². The normalized spacial score (nSPS) is 12.3. The summed E-state index contributed by atoms with van der Waals surface area (Å²) in [6.45, 7) is 7.68. The molecule has 0 heterocycles. The second-order valence-corrected chi connectivity index (χ2v) is 5.30. The fourth-order valence-corrected chi connectivity index (χ4v) is 1.63. The Hall–Kier alpha value is -1.57. The molecule has 0 saturated heterocycles. The van der Waals surface area contributed by atoms with Crippen molar-refractivity contribution in [3.63, 3.8) is 0 Å². The summed E-state index contributed by atoms with van der Waals surface area (Å²) in [4.78, 5) is 12.1. The summed E-state index contributed by atoms with van der Waals surface area (Å²) in [6.07, 6.45) is 3.41. The number of rotatable bonds is 4. The lowest BCUT2D eigenvalue weighted by atomic mass is 10.0. The number of benzene rings is 1. The van der Waals surface area contributed by atoms with Crippen LogP contribution in [-0.4, -0.2) is 11.6 Å². The molecule has 0 radical (unpaired) electrons. The van der Waals surface area contributed by atoms with E-state index in [1.807, 2.05) is 64.1 Å². The van der Waals surface area contributed by atoms with E-state index in [0.717, 1.165) is 17.6 Å². The van der Waals surface area contributed by atoms with E-state index >= 15 is 0 Å². The minimum atomic E-state index is -0.444. The first kappa shape index (κ1) is 14.5. The minimum Gasteiger partial charge on any atom is -0.457 e. The lowest BCUT2D eigenvalue weighted by molar-refractivity contribution is -0.150. The maximum Gasteiger partial charge on any atom is 0.334 e. The Bertz CT molecular complexity index is 410. The van der Waals surface area contributed by atoms with Crippen molar-refractivity contribution in [1.29, 1.82) is 0 Å². The van der Waals surface area contributed by atoms with Crippen molar-refractivity contribution in [3.05, 3.63) is 47.5 Å². The Balaban J connectivity index is 2.78. The SMILES string of the molecule is CC/C=C(/Cc1ccccc1)C(=O)OC(C)(C)C. The van der Waals surface area contributed by atoms with Gasteiger partial charge in [0.15, 0.2) is 0 Å². The third-order valence-electron chi connectivity index (χ3n) is 2.35. The Kier molecular flexibility index (Phi) is 5.14. The number of carbonyl (C=O) groups is 1. The van der Waals surface area contributed by atoms with Gasteiger partial charge in [-0.05, 0) is 32.8 Å². The highest BCUT2D eigenvalue weighted by Gasteiger charge is 2.19. The van der Waals surface area contributed by atoms with Crippen LogP contribution in [0.3, 0.4) is 0 Å². The van der Waals surface area contributed by atoms with Crippen molar-refractivity contribution in [2.45, 2.75) is 46.1 Å². The molecule has 0 atom stereocenters. The highest BCUT2D eigenvalue weighted by molar-refractivity contribution is 5.89. The van der Waals surface area contributed by atoms with Gasteiger partial charge in [0.2, 0.25) is 0 Å². The molecule has 98 valence electrons. The van der Waals surface area contributed by atoms with Crippen molar-refractivity contribution in [2.75, 3.05) is 0 Å². The number of hydrogen-bond acceptors (Lipinski definition) is 2. The molecule has 0 N–H and O–H groups in total. The molecule has 2 heteroatoms. The van der Waals surface area contributed by atoms with Crippen molar-refractivity contribution >= 4 is 5.97 Å². The van der Waals surface area contributed by atoms with Crippen LogP contribution >= 0.6 is 0 Å². The Morgan fingerprint density at radius 1 is 1.22 bits per heavy atom. The molecule has 0 saturated carbocycles. The van der Waals surface area contributed by atoms with Crippen LogP contribution in [0.5, 0.6) is 0 Å². The first-order valence-corrected chi connectivity index (χ1v) is 6.38. The molecule has 0 fully saturated rings. The fraction of sp³-hybridized carbons (Fsp3) is 0.438. The predicted octanol–water partition coefficient (Wildman–Crippen LogP) is 3.91. The summed E-state index contributed by atoms with van der Waals surface area (Å²) >= 11 is 0. The van der Waals surface area contributed by atoms with Gasteiger partial charge >= 0.3 is 5.97 Å². The van der Waals surface area contributed by atoms with Crippen molar-refractivity contribution in [1.82, 2.24) is 0 Å². The zero-order valence-corrected chi connectivity index (χ0v) is 11.7. The topological polar surface area (TPSA) is 26.3 Å². The standard InChI is InChI=1S/C16H22O2/c1-5-9-14(15(17)18-16(2,3)4)12-13-10-7-6-8-11-13/h6-11H,5,12H2,1-4H3/b14-9-. The Morgan fingerprint density at radius 2 is 1.83 bits per heavy atom. The van der Waals surface area contributed by atoms with Crippen LogP contribution in [0.25, 0.3) is 0 Å². The van der Waals surface area contributed by atoms with E-state index in [-0.39, 0.29) is 5.97 Å². The van der Waals surface area contributed by atoms with E-state index in [9.17, 15) is 4.79 Å². The van der Waals surface area contributed by atoms with Gasteiger partial charge in [-0.1, -0.05) is 43.3 Å². The van der Waals surface area contributed by atoms with Crippen molar-refractivity contribution < 1.29 is 9.53 Å². The molecule has 0 unspecified atom stereocenters. The maximum absolute atomic E-state index is 12.1. The van der Waals surface area contributed by atoms with Crippen LogP contribution in [0, 0.1) is 0 Å². The van der Waals surface area contributed by atoms with Gasteiger partial charge in [0.05, 0.1) is 0 Å². The zero-order valence-electron chi connectivity index (χ0n) is 11.7.